The quantitative estimate of drug-likeness (QED) is 0.147. The van der Waals surface area contributed by atoms with Gasteiger partial charge in [0.15, 0.2) is 0 Å². The molecule has 0 aliphatic carbocycles. The summed E-state index contributed by atoms with van der Waals surface area (Å²) >= 11 is 2.22. The summed E-state index contributed by atoms with van der Waals surface area (Å²) < 4.78 is 77.7. The summed E-state index contributed by atoms with van der Waals surface area (Å²) in [6.45, 7) is 0. The third kappa shape index (κ3) is 9.66. The standard InChI is InChI=1S/C14H9F3N4.C8H6IN3.C6H5BF3NO2/c15-14(16,17)13-4-3-10(6-19-13)11-7-20-21(9-11)12-2-1-5-18-8-12;9-7-4-11-12(6-7)8-2-1-3-10-5-8;8-6(9,10)5-2-1-4(3-11-5)7(12)13/h1-9H;1-6H;1-3,12-13H. The zero-order chi connectivity index (χ0) is 33.3. The van der Waals surface area contributed by atoms with Crippen molar-refractivity contribution in [3.8, 4) is 22.5 Å². The molecule has 0 amide bonds. The van der Waals surface area contributed by atoms with Crippen molar-refractivity contribution in [2.75, 3.05) is 0 Å². The zero-order valence-electron chi connectivity index (χ0n) is 23.1. The van der Waals surface area contributed by atoms with Gasteiger partial charge in [0, 0.05) is 53.8 Å². The van der Waals surface area contributed by atoms with E-state index in [1.807, 2.05) is 30.6 Å². The molecule has 0 saturated carbocycles. The van der Waals surface area contributed by atoms with Gasteiger partial charge in [-0.1, -0.05) is 12.1 Å². The summed E-state index contributed by atoms with van der Waals surface area (Å²) in [5.41, 5.74) is 0.957. The molecule has 6 aromatic rings. The van der Waals surface area contributed by atoms with Crippen LogP contribution in [-0.4, -0.2) is 56.7 Å². The van der Waals surface area contributed by atoms with Crippen LogP contribution in [-0.2, 0) is 12.4 Å². The molecule has 236 valence electrons. The Hall–Kier alpha value is -4.69. The summed E-state index contributed by atoms with van der Waals surface area (Å²) in [5.74, 6) is 0. The molecule has 0 spiro atoms. The normalized spacial score (nSPS) is 11.2. The second kappa shape index (κ2) is 15.1. The number of nitrogens with zero attached hydrogens (tertiary/aromatic N) is 8. The van der Waals surface area contributed by atoms with E-state index in [1.54, 1.807) is 52.6 Å². The lowest BCUT2D eigenvalue weighted by Gasteiger charge is -2.05. The van der Waals surface area contributed by atoms with Gasteiger partial charge < -0.3 is 10.0 Å². The van der Waals surface area contributed by atoms with Crippen molar-refractivity contribution >= 4 is 35.2 Å². The van der Waals surface area contributed by atoms with Crippen LogP contribution in [0, 0.1) is 3.57 Å². The minimum Gasteiger partial charge on any atom is -0.423 e. The van der Waals surface area contributed by atoms with Crippen LogP contribution in [0.5, 0.6) is 0 Å². The third-order valence-electron chi connectivity index (χ3n) is 5.72. The van der Waals surface area contributed by atoms with E-state index < -0.39 is 30.9 Å². The molecule has 18 heteroatoms. The van der Waals surface area contributed by atoms with Gasteiger partial charge in [-0.2, -0.15) is 36.5 Å². The molecule has 0 saturated heterocycles. The first-order valence-electron chi connectivity index (χ1n) is 12.8. The van der Waals surface area contributed by atoms with Gasteiger partial charge in [0.1, 0.15) is 11.4 Å². The van der Waals surface area contributed by atoms with Crippen LogP contribution in [0.2, 0.25) is 0 Å². The molecule has 0 atom stereocenters. The fourth-order valence-corrected chi connectivity index (χ4v) is 3.88. The highest BCUT2D eigenvalue weighted by Crippen LogP contribution is 2.29. The van der Waals surface area contributed by atoms with Gasteiger partial charge in [0.05, 0.1) is 39.7 Å². The van der Waals surface area contributed by atoms with Crippen LogP contribution in [0.1, 0.15) is 11.4 Å². The van der Waals surface area contributed by atoms with Crippen LogP contribution >= 0.6 is 22.6 Å². The molecule has 6 aromatic heterocycles. The predicted octanol–water partition coefficient (Wildman–Crippen LogP) is 5.00. The molecule has 0 aromatic carbocycles. The van der Waals surface area contributed by atoms with E-state index in [4.69, 9.17) is 10.0 Å². The van der Waals surface area contributed by atoms with E-state index >= 15 is 0 Å². The minimum absolute atomic E-state index is 0.0759. The average Bonchev–Trinajstić information content (AvgIpc) is 3.72. The Morgan fingerprint density at radius 3 is 1.57 bits per heavy atom. The van der Waals surface area contributed by atoms with Crippen molar-refractivity contribution in [3.05, 3.63) is 125 Å². The van der Waals surface area contributed by atoms with Crippen molar-refractivity contribution in [2.45, 2.75) is 12.4 Å². The summed E-state index contributed by atoms with van der Waals surface area (Å²) in [4.78, 5) is 14.5. The molecule has 0 radical (unpaired) electrons. The molecule has 2 N–H and O–H groups in total. The third-order valence-corrected chi connectivity index (χ3v) is 6.27. The molecule has 6 heterocycles. The first-order valence-corrected chi connectivity index (χ1v) is 13.9. The number of hydrogen-bond donors (Lipinski definition) is 2. The molecule has 0 unspecified atom stereocenters. The lowest BCUT2D eigenvalue weighted by Crippen LogP contribution is -2.30. The number of hydrogen-bond acceptors (Lipinski definition) is 8. The minimum atomic E-state index is -4.50. The van der Waals surface area contributed by atoms with Gasteiger partial charge in [0.25, 0.3) is 0 Å². The highest BCUT2D eigenvalue weighted by molar-refractivity contribution is 14.1. The Morgan fingerprint density at radius 2 is 1.15 bits per heavy atom. The molecule has 0 aliphatic heterocycles. The van der Waals surface area contributed by atoms with Crippen LogP contribution in [0.25, 0.3) is 22.5 Å². The van der Waals surface area contributed by atoms with E-state index in [2.05, 4.69) is 52.7 Å². The van der Waals surface area contributed by atoms with Gasteiger partial charge in [-0.25, -0.2) is 9.36 Å². The van der Waals surface area contributed by atoms with Gasteiger partial charge in [-0.3, -0.25) is 19.9 Å². The number of aromatic nitrogens is 8. The van der Waals surface area contributed by atoms with Gasteiger partial charge in [-0.05, 0) is 59.0 Å². The van der Waals surface area contributed by atoms with Crippen molar-refractivity contribution < 1.29 is 36.4 Å². The molecular weight excluding hydrogens is 732 g/mol. The molecule has 0 aliphatic rings. The van der Waals surface area contributed by atoms with Crippen LogP contribution in [0.4, 0.5) is 26.3 Å². The van der Waals surface area contributed by atoms with Gasteiger partial charge in [-0.15, -0.1) is 0 Å². The molecule has 0 bridgehead atoms. The summed E-state index contributed by atoms with van der Waals surface area (Å²) in [7, 11) is -1.80. The first-order chi connectivity index (χ1) is 21.8. The Kier molecular flexibility index (Phi) is 11.2. The molecule has 6 rings (SSSR count). The fourth-order valence-electron chi connectivity index (χ4n) is 3.49. The largest absolute Gasteiger partial charge is 0.490 e. The number of halogens is 7. The van der Waals surface area contributed by atoms with E-state index in [9.17, 15) is 26.3 Å². The second-order valence-electron chi connectivity index (χ2n) is 8.98. The van der Waals surface area contributed by atoms with E-state index in [1.165, 1.54) is 12.3 Å². The predicted molar refractivity (Wildman–Crippen MR) is 163 cm³/mol. The summed E-state index contributed by atoms with van der Waals surface area (Å²) in [6, 6.07) is 11.4. The SMILES string of the molecule is FC(F)(F)c1ccc(-c2cnn(-c3cccnc3)c2)cn1.Ic1cnn(-c2cccnc2)c1.OB(O)c1ccc(C(F)(F)F)nc1. The molecule has 0 fully saturated rings. The number of alkyl halides is 6. The number of pyridine rings is 4. The smallest absolute Gasteiger partial charge is 0.423 e. The van der Waals surface area contributed by atoms with Crippen molar-refractivity contribution in [1.82, 2.24) is 39.5 Å². The van der Waals surface area contributed by atoms with Crippen LogP contribution < -0.4 is 5.46 Å². The lowest BCUT2D eigenvalue weighted by atomic mass is 9.82. The summed E-state index contributed by atoms with van der Waals surface area (Å²) in [6.07, 6.45) is 6.89. The van der Waals surface area contributed by atoms with Gasteiger partial charge >= 0.3 is 19.5 Å². The first kappa shape index (κ1) is 34.2. The van der Waals surface area contributed by atoms with Gasteiger partial charge in [0.2, 0.25) is 0 Å². The number of rotatable bonds is 4. The van der Waals surface area contributed by atoms with Crippen molar-refractivity contribution in [1.29, 1.82) is 0 Å². The second-order valence-corrected chi connectivity index (χ2v) is 10.2. The lowest BCUT2D eigenvalue weighted by molar-refractivity contribution is -0.141. The maximum absolute atomic E-state index is 12.5. The maximum Gasteiger partial charge on any atom is 0.490 e. The monoisotopic (exact) mass is 752 g/mol. The highest BCUT2D eigenvalue weighted by atomic mass is 127. The van der Waals surface area contributed by atoms with Crippen molar-refractivity contribution in [2.24, 2.45) is 0 Å². The Morgan fingerprint density at radius 1 is 0.609 bits per heavy atom. The average molecular weight is 752 g/mol. The summed E-state index contributed by atoms with van der Waals surface area (Å²) in [5, 5.41) is 25.4. The Bertz CT molecular complexity index is 1800. The highest BCUT2D eigenvalue weighted by Gasteiger charge is 2.33. The topological polar surface area (TPSA) is 128 Å². The maximum atomic E-state index is 12.5. The zero-order valence-corrected chi connectivity index (χ0v) is 25.2. The van der Waals surface area contributed by atoms with E-state index in [-0.39, 0.29) is 5.46 Å². The fraction of sp³-hybridized carbons (Fsp3) is 0.0714. The van der Waals surface area contributed by atoms with E-state index in [0.29, 0.717) is 17.2 Å². The van der Waals surface area contributed by atoms with Crippen molar-refractivity contribution in [3.63, 3.8) is 0 Å². The van der Waals surface area contributed by atoms with Crippen LogP contribution in [0.15, 0.2) is 110 Å². The molecule has 46 heavy (non-hydrogen) atoms. The Balaban J connectivity index is 0.000000166. The van der Waals surface area contributed by atoms with E-state index in [0.717, 1.165) is 33.3 Å². The van der Waals surface area contributed by atoms with Crippen LogP contribution in [0.3, 0.4) is 0 Å². The molecule has 10 nitrogen and oxygen atoms in total. The Labute approximate surface area is 270 Å². The molecular formula is C28H20BF6IN8O2.